The molecule has 4 rings (SSSR count). The zero-order valence-corrected chi connectivity index (χ0v) is 18.3. The number of hydrogen-bond donors (Lipinski definition) is 3. The normalized spacial score (nSPS) is 12.9. The van der Waals surface area contributed by atoms with Gasteiger partial charge in [0.1, 0.15) is 22.9 Å². The number of nitrogen functional groups attached to an aromatic ring is 1. The van der Waals surface area contributed by atoms with Crippen LogP contribution in [-0.2, 0) is 0 Å². The molecule has 0 aliphatic heterocycles. The highest BCUT2D eigenvalue weighted by Gasteiger charge is 2.21. The summed E-state index contributed by atoms with van der Waals surface area (Å²) in [5.74, 6) is 0.445. The molecule has 0 aliphatic rings. The summed E-state index contributed by atoms with van der Waals surface area (Å²) in [4.78, 5) is 23.2. The van der Waals surface area contributed by atoms with Crippen LogP contribution < -0.4 is 32.0 Å². The second kappa shape index (κ2) is 9.26. The Kier molecular flexibility index (Phi) is 6.24. The van der Waals surface area contributed by atoms with Crippen molar-refractivity contribution in [1.29, 1.82) is 0 Å². The molecule has 0 bridgehead atoms. The van der Waals surface area contributed by atoms with Crippen molar-refractivity contribution in [2.45, 2.75) is 19.0 Å². The topological polar surface area (TPSA) is 93.4 Å². The number of halogens is 1. The summed E-state index contributed by atoms with van der Waals surface area (Å²) in [7, 11) is 1.61. The van der Waals surface area contributed by atoms with Gasteiger partial charge in [-0.2, -0.15) is 0 Å². The Morgan fingerprint density at radius 2 is 1.58 bits per heavy atom. The molecule has 2 atom stereocenters. The van der Waals surface area contributed by atoms with Crippen LogP contribution in [0.25, 0.3) is 0 Å². The van der Waals surface area contributed by atoms with E-state index >= 15 is 0 Å². The molecule has 0 saturated carbocycles. The van der Waals surface area contributed by atoms with E-state index in [0.29, 0.717) is 5.69 Å². The standard InChI is InChI=1S/C26H24FN3O3/c1-15(17-5-3-7-19(27)13-17)29-23(16-9-11-21(33-2)12-10-16)18-6-4-8-20(14-18)30-24-22(28)25(31)26(24)32/h3-15,23,29-30H,28H2,1-2H3. The summed E-state index contributed by atoms with van der Waals surface area (Å²) in [5.41, 5.74) is 7.74. The van der Waals surface area contributed by atoms with Crippen LogP contribution in [0, 0.1) is 5.82 Å². The first-order valence-corrected chi connectivity index (χ1v) is 10.5. The summed E-state index contributed by atoms with van der Waals surface area (Å²) < 4.78 is 19.1. The molecule has 0 heterocycles. The number of anilines is 3. The third-order valence-corrected chi connectivity index (χ3v) is 5.65. The summed E-state index contributed by atoms with van der Waals surface area (Å²) in [6.45, 7) is 1.97. The minimum Gasteiger partial charge on any atom is -0.497 e. The highest BCUT2D eigenvalue weighted by atomic mass is 19.1. The van der Waals surface area contributed by atoms with Crippen molar-refractivity contribution in [3.8, 4) is 5.75 Å². The van der Waals surface area contributed by atoms with Gasteiger partial charge in [-0.25, -0.2) is 4.39 Å². The van der Waals surface area contributed by atoms with Crippen molar-refractivity contribution in [2.24, 2.45) is 0 Å². The molecule has 0 spiro atoms. The number of methoxy groups -OCH3 is 1. The second-order valence-electron chi connectivity index (χ2n) is 7.85. The van der Waals surface area contributed by atoms with Gasteiger partial charge in [0.2, 0.25) is 0 Å². The number of nitrogens with two attached hydrogens (primary N) is 1. The van der Waals surface area contributed by atoms with Crippen molar-refractivity contribution < 1.29 is 9.13 Å². The van der Waals surface area contributed by atoms with Gasteiger partial charge < -0.3 is 15.8 Å². The Balaban J connectivity index is 1.68. The van der Waals surface area contributed by atoms with Gasteiger partial charge in [-0.05, 0) is 60.0 Å². The van der Waals surface area contributed by atoms with Crippen molar-refractivity contribution in [3.05, 3.63) is 116 Å². The van der Waals surface area contributed by atoms with Crippen molar-refractivity contribution in [3.63, 3.8) is 0 Å². The fourth-order valence-corrected chi connectivity index (χ4v) is 3.78. The molecule has 4 N–H and O–H groups in total. The largest absolute Gasteiger partial charge is 0.497 e. The fourth-order valence-electron chi connectivity index (χ4n) is 3.78. The molecular weight excluding hydrogens is 421 g/mol. The van der Waals surface area contributed by atoms with Crippen molar-refractivity contribution in [1.82, 2.24) is 5.32 Å². The zero-order valence-electron chi connectivity index (χ0n) is 18.3. The second-order valence-corrected chi connectivity index (χ2v) is 7.85. The number of benzene rings is 3. The van der Waals surface area contributed by atoms with E-state index in [-0.39, 0.29) is 29.3 Å². The summed E-state index contributed by atoms with van der Waals surface area (Å²) in [5, 5.41) is 6.52. The molecule has 0 radical (unpaired) electrons. The Bertz CT molecular complexity index is 1340. The van der Waals surface area contributed by atoms with Gasteiger partial charge in [0.15, 0.2) is 0 Å². The first kappa shape index (κ1) is 22.2. The Morgan fingerprint density at radius 3 is 2.24 bits per heavy atom. The predicted molar refractivity (Wildman–Crippen MR) is 128 cm³/mol. The van der Waals surface area contributed by atoms with E-state index in [2.05, 4.69) is 10.6 Å². The molecule has 0 saturated heterocycles. The van der Waals surface area contributed by atoms with Crippen LogP contribution in [0.1, 0.15) is 35.7 Å². The average Bonchev–Trinajstić information content (AvgIpc) is 2.85. The molecule has 2 unspecified atom stereocenters. The van der Waals surface area contributed by atoms with E-state index in [1.54, 1.807) is 19.2 Å². The Morgan fingerprint density at radius 1 is 0.879 bits per heavy atom. The highest BCUT2D eigenvalue weighted by Crippen LogP contribution is 2.30. The lowest BCUT2D eigenvalue weighted by Crippen LogP contribution is -2.36. The molecule has 4 aromatic carbocycles. The first-order valence-electron chi connectivity index (χ1n) is 10.5. The summed E-state index contributed by atoms with van der Waals surface area (Å²) in [6, 6.07) is 21.2. The minimum atomic E-state index is -0.671. The quantitative estimate of drug-likeness (QED) is 0.352. The van der Waals surface area contributed by atoms with Crippen LogP contribution in [0.5, 0.6) is 5.75 Å². The first-order chi connectivity index (χ1) is 15.9. The molecule has 0 aromatic heterocycles. The predicted octanol–water partition coefficient (Wildman–Crippen LogP) is 4.20. The number of ether oxygens (including phenoxy) is 1. The average molecular weight is 445 g/mol. The van der Waals surface area contributed by atoms with Crippen LogP contribution >= 0.6 is 0 Å². The van der Waals surface area contributed by atoms with Gasteiger partial charge in [-0.3, -0.25) is 14.9 Å². The third-order valence-electron chi connectivity index (χ3n) is 5.65. The Labute approximate surface area is 190 Å². The van der Waals surface area contributed by atoms with Crippen LogP contribution in [0.2, 0.25) is 0 Å². The van der Waals surface area contributed by atoms with Crippen LogP contribution in [0.4, 0.5) is 21.5 Å². The summed E-state index contributed by atoms with van der Waals surface area (Å²) in [6.07, 6.45) is 0. The Hall–Kier alpha value is -3.97. The maximum Gasteiger partial charge on any atom is 0.253 e. The highest BCUT2D eigenvalue weighted by molar-refractivity contribution is 5.76. The van der Waals surface area contributed by atoms with E-state index in [4.69, 9.17) is 10.5 Å². The lowest BCUT2D eigenvalue weighted by molar-refractivity contribution is 0.414. The molecule has 0 amide bonds. The third kappa shape index (κ3) is 4.63. The molecule has 168 valence electrons. The van der Waals surface area contributed by atoms with E-state index < -0.39 is 10.9 Å². The van der Waals surface area contributed by atoms with Gasteiger partial charge >= 0.3 is 0 Å². The smallest absolute Gasteiger partial charge is 0.253 e. The van der Waals surface area contributed by atoms with E-state index in [1.165, 1.54) is 12.1 Å². The van der Waals surface area contributed by atoms with Crippen LogP contribution in [0.15, 0.2) is 82.4 Å². The van der Waals surface area contributed by atoms with Gasteiger partial charge in [-0.1, -0.05) is 36.4 Å². The van der Waals surface area contributed by atoms with Gasteiger partial charge in [-0.15, -0.1) is 0 Å². The number of nitrogens with one attached hydrogen (secondary N) is 2. The number of rotatable bonds is 8. The minimum absolute atomic E-state index is 0.0602. The van der Waals surface area contributed by atoms with Gasteiger partial charge in [0.25, 0.3) is 10.9 Å². The molecule has 4 aromatic rings. The lowest BCUT2D eigenvalue weighted by atomic mass is 9.96. The van der Waals surface area contributed by atoms with E-state index in [0.717, 1.165) is 22.4 Å². The molecule has 6 nitrogen and oxygen atoms in total. The molecule has 33 heavy (non-hydrogen) atoms. The number of hydrogen-bond acceptors (Lipinski definition) is 6. The van der Waals surface area contributed by atoms with Crippen LogP contribution in [0.3, 0.4) is 0 Å². The maximum atomic E-state index is 13.8. The van der Waals surface area contributed by atoms with Gasteiger partial charge in [0, 0.05) is 11.7 Å². The van der Waals surface area contributed by atoms with Crippen LogP contribution in [-0.4, -0.2) is 7.11 Å². The maximum absolute atomic E-state index is 13.8. The zero-order chi connectivity index (χ0) is 23.5. The molecule has 0 fully saturated rings. The molecular formula is C26H24FN3O3. The van der Waals surface area contributed by atoms with E-state index in [1.807, 2.05) is 55.5 Å². The summed E-state index contributed by atoms with van der Waals surface area (Å²) >= 11 is 0. The van der Waals surface area contributed by atoms with Gasteiger partial charge in [0.05, 0.1) is 13.2 Å². The lowest BCUT2D eigenvalue weighted by Gasteiger charge is -2.25. The molecule has 0 aliphatic carbocycles. The fraction of sp³-hybridized carbons (Fsp3) is 0.154. The van der Waals surface area contributed by atoms with E-state index in [9.17, 15) is 14.0 Å². The molecule has 7 heteroatoms. The SMILES string of the molecule is COc1ccc(C(NC(C)c2cccc(F)c2)c2cccc(Nc3c(N)c(=O)c3=O)c2)cc1. The monoisotopic (exact) mass is 445 g/mol. The van der Waals surface area contributed by atoms with Crippen molar-refractivity contribution in [2.75, 3.05) is 18.2 Å². The van der Waals surface area contributed by atoms with Crippen molar-refractivity contribution >= 4 is 17.1 Å².